The van der Waals surface area contributed by atoms with Gasteiger partial charge >= 0.3 is 5.69 Å². The van der Waals surface area contributed by atoms with Crippen LogP contribution in [0.1, 0.15) is 44.0 Å². The number of hydrogen-bond donors (Lipinski definition) is 3. The maximum atomic E-state index is 13.1. The summed E-state index contributed by atoms with van der Waals surface area (Å²) in [5.41, 5.74) is -0.792. The van der Waals surface area contributed by atoms with Crippen molar-refractivity contribution in [3.8, 4) is 22.9 Å². The third-order valence-electron chi connectivity index (χ3n) is 8.04. The summed E-state index contributed by atoms with van der Waals surface area (Å²) in [4.78, 5) is 38.6. The number of ether oxygens (including phenoxy) is 1. The van der Waals surface area contributed by atoms with Crippen LogP contribution in [0.3, 0.4) is 0 Å². The Balaban J connectivity index is 1.36. The van der Waals surface area contributed by atoms with E-state index in [2.05, 4.69) is 36.2 Å². The van der Waals surface area contributed by atoms with E-state index in [-0.39, 0.29) is 50.5 Å². The molecule has 1 amide bonds. The highest BCUT2D eigenvalue weighted by molar-refractivity contribution is 6.37. The fraction of sp³-hybridized carbons (Fsp3) is 0.385. The highest BCUT2D eigenvalue weighted by atomic mass is 35.5. The van der Waals surface area contributed by atoms with Crippen LogP contribution >= 0.6 is 23.2 Å². The van der Waals surface area contributed by atoms with Crippen LogP contribution in [0.4, 0.5) is 0 Å². The SMILES string of the molecule is CC1C(NC(=O)c2cc(Oc3c(Cl)cc(-n4ncc(=O)[nH]c4=O)cc3Cl)ccc2O)CC2CC1C2(C)C. The van der Waals surface area contributed by atoms with Gasteiger partial charge in [0.25, 0.3) is 11.5 Å². The number of H-pyrrole nitrogens is 1. The van der Waals surface area contributed by atoms with Crippen molar-refractivity contribution in [3.05, 3.63) is 73.0 Å². The largest absolute Gasteiger partial charge is 0.507 e. The topological polar surface area (TPSA) is 126 Å². The molecule has 9 nitrogen and oxygen atoms in total. The highest BCUT2D eigenvalue weighted by Gasteiger charge is 2.56. The number of hydrogen-bond acceptors (Lipinski definition) is 6. The summed E-state index contributed by atoms with van der Waals surface area (Å²) in [7, 11) is 0. The van der Waals surface area contributed by atoms with Crippen molar-refractivity contribution < 1.29 is 14.6 Å². The first kappa shape index (κ1) is 25.4. The average molecular weight is 545 g/mol. The molecule has 0 spiro atoms. The molecular formula is C26H26Cl2N4O5. The Morgan fingerprint density at radius 1 is 1.19 bits per heavy atom. The number of aromatic nitrogens is 3. The van der Waals surface area contributed by atoms with Crippen molar-refractivity contribution in [2.45, 2.75) is 39.7 Å². The number of benzene rings is 2. The maximum Gasteiger partial charge on any atom is 0.349 e. The number of fused-ring (bicyclic) bond motifs is 2. The van der Waals surface area contributed by atoms with Crippen molar-refractivity contribution in [2.24, 2.45) is 23.2 Å². The normalized spacial score (nSPS) is 23.7. The summed E-state index contributed by atoms with van der Waals surface area (Å²) in [5.74, 6) is 1.26. The van der Waals surface area contributed by atoms with Crippen LogP contribution in [0.15, 0.2) is 46.1 Å². The number of nitrogens with one attached hydrogen (secondary N) is 2. The lowest BCUT2D eigenvalue weighted by atomic mass is 9.45. The van der Waals surface area contributed by atoms with Gasteiger partial charge in [0.1, 0.15) is 17.7 Å². The van der Waals surface area contributed by atoms with E-state index in [0.29, 0.717) is 23.2 Å². The van der Waals surface area contributed by atoms with Gasteiger partial charge in [0.2, 0.25) is 0 Å². The van der Waals surface area contributed by atoms with Gasteiger partial charge in [0.05, 0.1) is 21.3 Å². The predicted molar refractivity (Wildman–Crippen MR) is 139 cm³/mol. The van der Waals surface area contributed by atoms with Crippen molar-refractivity contribution in [1.29, 1.82) is 0 Å². The van der Waals surface area contributed by atoms with Crippen molar-refractivity contribution in [2.75, 3.05) is 0 Å². The quantitative estimate of drug-likeness (QED) is 0.433. The predicted octanol–water partition coefficient (Wildman–Crippen LogP) is 4.53. The minimum atomic E-state index is -0.754. The van der Waals surface area contributed by atoms with E-state index in [1.165, 1.54) is 36.8 Å². The van der Waals surface area contributed by atoms with Gasteiger partial charge in [-0.25, -0.2) is 4.79 Å². The van der Waals surface area contributed by atoms with Gasteiger partial charge < -0.3 is 15.2 Å². The molecule has 6 rings (SSSR count). The number of nitrogens with zero attached hydrogens (tertiary/aromatic N) is 2. The molecule has 3 aliphatic carbocycles. The van der Waals surface area contributed by atoms with Crippen molar-refractivity contribution in [1.82, 2.24) is 20.1 Å². The summed E-state index contributed by atoms with van der Waals surface area (Å²) >= 11 is 12.8. The first-order valence-corrected chi connectivity index (χ1v) is 12.7. The minimum absolute atomic E-state index is 0.0367. The van der Waals surface area contributed by atoms with E-state index in [1.54, 1.807) is 0 Å². The number of phenols is 1. The second kappa shape index (κ2) is 9.22. The minimum Gasteiger partial charge on any atom is -0.507 e. The average Bonchev–Trinajstić information content (AvgIpc) is 2.83. The summed E-state index contributed by atoms with van der Waals surface area (Å²) in [6.45, 7) is 6.77. The number of amides is 1. The fourth-order valence-corrected chi connectivity index (χ4v) is 6.32. The number of rotatable bonds is 5. The number of aromatic amines is 1. The van der Waals surface area contributed by atoms with Crippen molar-refractivity contribution in [3.63, 3.8) is 0 Å². The molecule has 1 aromatic heterocycles. The Labute approximate surface area is 222 Å². The smallest absolute Gasteiger partial charge is 0.349 e. The van der Waals surface area contributed by atoms with Gasteiger partial charge in [-0.2, -0.15) is 9.78 Å². The van der Waals surface area contributed by atoms with E-state index < -0.39 is 11.2 Å². The number of phenolic OH excluding ortho intramolecular Hbond substituents is 1. The summed E-state index contributed by atoms with van der Waals surface area (Å²) in [6, 6.07) is 7.13. The molecule has 4 atom stereocenters. The molecule has 37 heavy (non-hydrogen) atoms. The zero-order chi connectivity index (χ0) is 26.6. The first-order chi connectivity index (χ1) is 17.5. The molecule has 3 aromatic rings. The standard InChI is InChI=1S/C26H26Cl2N4O5/c1-12-17-6-13(26(17,2)3)7-20(12)30-24(35)16-10-15(4-5-21(16)33)37-23-18(27)8-14(9-19(23)28)32-25(36)31-22(34)11-29-32/h4-5,8-13,17,20,33H,6-7H2,1-3H3,(H,30,35)(H,31,34,36). The van der Waals surface area contributed by atoms with Crippen LogP contribution in [-0.4, -0.2) is 31.8 Å². The zero-order valence-electron chi connectivity index (χ0n) is 20.4. The molecule has 3 aliphatic rings. The van der Waals surface area contributed by atoms with Gasteiger partial charge in [-0.05, 0) is 66.3 Å². The van der Waals surface area contributed by atoms with Gasteiger partial charge in [0.15, 0.2) is 5.75 Å². The first-order valence-electron chi connectivity index (χ1n) is 12.0. The Morgan fingerprint density at radius 3 is 2.51 bits per heavy atom. The second-order valence-corrected chi connectivity index (χ2v) is 11.2. The number of aromatic hydroxyl groups is 1. The molecular weight excluding hydrogens is 519 g/mol. The summed E-state index contributed by atoms with van der Waals surface area (Å²) in [5, 5.41) is 17.4. The fourth-order valence-electron chi connectivity index (χ4n) is 5.77. The summed E-state index contributed by atoms with van der Waals surface area (Å²) < 4.78 is 6.80. The molecule has 0 radical (unpaired) electrons. The molecule has 2 aromatic carbocycles. The third-order valence-corrected chi connectivity index (χ3v) is 8.61. The van der Waals surface area contributed by atoms with E-state index >= 15 is 0 Å². The van der Waals surface area contributed by atoms with Crippen LogP contribution < -0.4 is 21.3 Å². The van der Waals surface area contributed by atoms with Gasteiger partial charge in [-0.1, -0.05) is 44.0 Å². The molecule has 194 valence electrons. The maximum absolute atomic E-state index is 13.1. The number of halogens is 2. The van der Waals surface area contributed by atoms with Crippen LogP contribution in [0.5, 0.6) is 17.2 Å². The van der Waals surface area contributed by atoms with Crippen LogP contribution in [0.25, 0.3) is 5.69 Å². The highest BCUT2D eigenvalue weighted by Crippen LogP contribution is 2.61. The van der Waals surface area contributed by atoms with Crippen LogP contribution in [0.2, 0.25) is 10.0 Å². The Bertz CT molecular complexity index is 1490. The molecule has 0 saturated heterocycles. The summed E-state index contributed by atoms with van der Waals surface area (Å²) in [6.07, 6.45) is 3.06. The third kappa shape index (κ3) is 4.51. The molecule has 3 fully saturated rings. The van der Waals surface area contributed by atoms with E-state index in [9.17, 15) is 19.5 Å². The van der Waals surface area contributed by atoms with Gasteiger partial charge in [0, 0.05) is 6.04 Å². The van der Waals surface area contributed by atoms with Crippen LogP contribution in [-0.2, 0) is 0 Å². The molecule has 1 heterocycles. The number of carbonyl (C=O) groups is 1. The zero-order valence-corrected chi connectivity index (χ0v) is 21.9. The molecule has 0 aliphatic heterocycles. The van der Waals surface area contributed by atoms with Crippen LogP contribution in [0, 0.1) is 23.2 Å². The Kier molecular flexibility index (Phi) is 6.32. The van der Waals surface area contributed by atoms with E-state index in [0.717, 1.165) is 17.3 Å². The molecule has 11 heteroatoms. The molecule has 3 N–H and O–H groups in total. The second-order valence-electron chi connectivity index (χ2n) is 10.4. The molecule has 4 unspecified atom stereocenters. The Morgan fingerprint density at radius 2 is 1.89 bits per heavy atom. The van der Waals surface area contributed by atoms with Gasteiger partial charge in [-0.15, -0.1) is 0 Å². The number of carbonyl (C=O) groups excluding carboxylic acids is 1. The molecule has 3 saturated carbocycles. The van der Waals surface area contributed by atoms with E-state index in [1.807, 2.05) is 0 Å². The lowest BCUT2D eigenvalue weighted by molar-refractivity contribution is -0.113. The Hall–Kier alpha value is -3.30. The lowest BCUT2D eigenvalue weighted by Gasteiger charge is -2.62. The van der Waals surface area contributed by atoms with E-state index in [4.69, 9.17) is 27.9 Å². The monoisotopic (exact) mass is 544 g/mol. The lowest BCUT2D eigenvalue weighted by Crippen LogP contribution is -2.60. The van der Waals surface area contributed by atoms with Crippen molar-refractivity contribution >= 4 is 29.1 Å². The van der Waals surface area contributed by atoms with Gasteiger partial charge in [-0.3, -0.25) is 14.6 Å². The molecule has 2 bridgehead atoms.